The summed E-state index contributed by atoms with van der Waals surface area (Å²) in [4.78, 5) is 32.6. The molecule has 0 fully saturated rings. The Morgan fingerprint density at radius 3 is 2.55 bits per heavy atom. The third-order valence-corrected chi connectivity index (χ3v) is 6.33. The zero-order chi connectivity index (χ0) is 21.1. The number of thiophene rings is 1. The molecule has 2 heterocycles. The lowest BCUT2D eigenvalue weighted by Crippen LogP contribution is -2.49. The average Bonchev–Trinajstić information content (AvgIpc) is 3.15. The lowest BCUT2D eigenvalue weighted by molar-refractivity contribution is -0.134. The van der Waals surface area contributed by atoms with Gasteiger partial charge in [-0.25, -0.2) is 4.79 Å². The van der Waals surface area contributed by atoms with Gasteiger partial charge in [0.25, 0.3) is 0 Å². The van der Waals surface area contributed by atoms with Crippen molar-refractivity contribution in [2.24, 2.45) is 5.92 Å². The van der Waals surface area contributed by atoms with Crippen LogP contribution in [0.3, 0.4) is 0 Å². The van der Waals surface area contributed by atoms with Crippen LogP contribution in [0.15, 0.2) is 35.7 Å². The predicted octanol–water partition coefficient (Wildman–Crippen LogP) is 4.17. The maximum Gasteiger partial charge on any atom is 0.319 e. The van der Waals surface area contributed by atoms with Crippen LogP contribution in [0.25, 0.3) is 0 Å². The van der Waals surface area contributed by atoms with Crippen LogP contribution in [-0.4, -0.2) is 60.4 Å². The molecule has 1 aromatic carbocycles. The number of hydrogen-bond donors (Lipinski definition) is 0. The van der Waals surface area contributed by atoms with E-state index in [0.29, 0.717) is 19.0 Å². The van der Waals surface area contributed by atoms with Crippen molar-refractivity contribution in [3.8, 4) is 0 Å². The minimum atomic E-state index is -0.118. The molecule has 3 amide bonds. The SMILES string of the molecule is Cc1ccccc1C1c2ccsc2CCN1C(=O)CN(CC(C)C)C(=O)N(C)C. The molecule has 1 unspecified atom stereocenters. The van der Waals surface area contributed by atoms with E-state index < -0.39 is 0 Å². The van der Waals surface area contributed by atoms with Crippen molar-refractivity contribution < 1.29 is 9.59 Å². The third-order valence-electron chi connectivity index (χ3n) is 5.33. The second kappa shape index (κ2) is 8.99. The van der Waals surface area contributed by atoms with Crippen molar-refractivity contribution in [2.75, 3.05) is 33.7 Å². The summed E-state index contributed by atoms with van der Waals surface area (Å²) >= 11 is 1.77. The number of carbonyl (C=O) groups excluding carboxylic acids is 2. The summed E-state index contributed by atoms with van der Waals surface area (Å²) in [6.45, 7) is 7.58. The summed E-state index contributed by atoms with van der Waals surface area (Å²) in [5.41, 5.74) is 3.56. The quantitative estimate of drug-likeness (QED) is 0.738. The van der Waals surface area contributed by atoms with Gasteiger partial charge in [-0.1, -0.05) is 38.1 Å². The fourth-order valence-electron chi connectivity index (χ4n) is 4.00. The van der Waals surface area contributed by atoms with Crippen molar-refractivity contribution in [1.29, 1.82) is 0 Å². The topological polar surface area (TPSA) is 43.9 Å². The molecule has 156 valence electrons. The number of urea groups is 1. The molecule has 1 aliphatic heterocycles. The van der Waals surface area contributed by atoms with Gasteiger partial charge in [-0.2, -0.15) is 0 Å². The average molecular weight is 414 g/mol. The largest absolute Gasteiger partial charge is 0.331 e. The van der Waals surface area contributed by atoms with Crippen LogP contribution in [-0.2, 0) is 11.2 Å². The number of carbonyl (C=O) groups is 2. The number of nitrogens with zero attached hydrogens (tertiary/aromatic N) is 3. The van der Waals surface area contributed by atoms with Gasteiger partial charge in [-0.3, -0.25) is 4.79 Å². The number of fused-ring (bicyclic) bond motifs is 1. The molecule has 29 heavy (non-hydrogen) atoms. The van der Waals surface area contributed by atoms with Gasteiger partial charge in [0.1, 0.15) is 6.54 Å². The molecule has 2 aromatic rings. The monoisotopic (exact) mass is 413 g/mol. The summed E-state index contributed by atoms with van der Waals surface area (Å²) in [5.74, 6) is 0.301. The van der Waals surface area contributed by atoms with Crippen LogP contribution >= 0.6 is 11.3 Å². The van der Waals surface area contributed by atoms with Crippen LogP contribution in [0.1, 0.15) is 41.5 Å². The number of benzene rings is 1. The Morgan fingerprint density at radius 2 is 1.90 bits per heavy atom. The zero-order valence-corrected chi connectivity index (χ0v) is 18.8. The van der Waals surface area contributed by atoms with E-state index in [1.165, 1.54) is 16.0 Å². The van der Waals surface area contributed by atoms with Crippen molar-refractivity contribution in [3.05, 3.63) is 57.3 Å². The molecule has 0 spiro atoms. The molecular formula is C23H31N3O2S. The highest BCUT2D eigenvalue weighted by Crippen LogP contribution is 2.39. The van der Waals surface area contributed by atoms with E-state index in [4.69, 9.17) is 0 Å². The molecule has 1 atom stereocenters. The highest BCUT2D eigenvalue weighted by Gasteiger charge is 2.34. The molecule has 0 saturated carbocycles. The zero-order valence-electron chi connectivity index (χ0n) is 18.0. The first kappa shape index (κ1) is 21.4. The van der Waals surface area contributed by atoms with Gasteiger partial charge < -0.3 is 14.7 Å². The molecule has 0 aliphatic carbocycles. The molecule has 5 nitrogen and oxygen atoms in total. The lowest BCUT2D eigenvalue weighted by Gasteiger charge is -2.38. The van der Waals surface area contributed by atoms with Crippen molar-refractivity contribution in [2.45, 2.75) is 33.2 Å². The van der Waals surface area contributed by atoms with E-state index in [1.807, 2.05) is 17.0 Å². The van der Waals surface area contributed by atoms with Gasteiger partial charge in [0.05, 0.1) is 6.04 Å². The molecule has 0 radical (unpaired) electrons. The number of rotatable bonds is 5. The Bertz CT molecular complexity index is 875. The van der Waals surface area contributed by atoms with E-state index in [-0.39, 0.29) is 24.5 Å². The summed E-state index contributed by atoms with van der Waals surface area (Å²) in [7, 11) is 3.46. The molecule has 0 N–H and O–H groups in total. The van der Waals surface area contributed by atoms with E-state index in [1.54, 1.807) is 35.2 Å². The summed E-state index contributed by atoms with van der Waals surface area (Å²) < 4.78 is 0. The van der Waals surface area contributed by atoms with Gasteiger partial charge in [-0.15, -0.1) is 11.3 Å². The second-order valence-electron chi connectivity index (χ2n) is 8.35. The van der Waals surface area contributed by atoms with Crippen LogP contribution in [0.2, 0.25) is 0 Å². The fourth-order valence-corrected chi connectivity index (χ4v) is 4.91. The number of amides is 3. The van der Waals surface area contributed by atoms with Crippen molar-refractivity contribution in [3.63, 3.8) is 0 Å². The molecule has 1 aliphatic rings. The first-order valence-corrected chi connectivity index (χ1v) is 11.0. The maximum atomic E-state index is 13.5. The third kappa shape index (κ3) is 4.64. The van der Waals surface area contributed by atoms with E-state index in [0.717, 1.165) is 12.0 Å². The molecule has 3 rings (SSSR count). The van der Waals surface area contributed by atoms with Crippen LogP contribution in [0, 0.1) is 12.8 Å². The Morgan fingerprint density at radius 1 is 1.17 bits per heavy atom. The summed E-state index contributed by atoms with van der Waals surface area (Å²) in [6, 6.07) is 10.2. The first-order chi connectivity index (χ1) is 13.8. The Labute approximate surface area is 177 Å². The van der Waals surface area contributed by atoms with Crippen molar-refractivity contribution in [1.82, 2.24) is 14.7 Å². The van der Waals surface area contributed by atoms with Gasteiger partial charge in [0.15, 0.2) is 0 Å². The number of aryl methyl sites for hydroxylation is 1. The van der Waals surface area contributed by atoms with Crippen molar-refractivity contribution >= 4 is 23.3 Å². The van der Waals surface area contributed by atoms with Gasteiger partial charge in [-0.05, 0) is 47.4 Å². The first-order valence-electron chi connectivity index (χ1n) is 10.2. The molecule has 1 aromatic heterocycles. The molecule has 6 heteroatoms. The van der Waals surface area contributed by atoms with Crippen LogP contribution in [0.4, 0.5) is 4.79 Å². The van der Waals surface area contributed by atoms with Gasteiger partial charge in [0, 0.05) is 32.1 Å². The summed E-state index contributed by atoms with van der Waals surface area (Å²) in [5, 5.41) is 2.12. The lowest BCUT2D eigenvalue weighted by atomic mass is 9.90. The maximum absolute atomic E-state index is 13.5. The fraction of sp³-hybridized carbons (Fsp3) is 0.478. The Balaban J connectivity index is 1.92. The summed E-state index contributed by atoms with van der Waals surface area (Å²) in [6.07, 6.45) is 0.868. The Hall–Kier alpha value is -2.34. The minimum Gasteiger partial charge on any atom is -0.331 e. The smallest absolute Gasteiger partial charge is 0.319 e. The van der Waals surface area contributed by atoms with E-state index in [9.17, 15) is 9.59 Å². The van der Waals surface area contributed by atoms with Gasteiger partial charge >= 0.3 is 6.03 Å². The molecule has 0 bridgehead atoms. The highest BCUT2D eigenvalue weighted by atomic mass is 32.1. The number of hydrogen-bond acceptors (Lipinski definition) is 3. The Kier molecular flexibility index (Phi) is 6.63. The molecule has 0 saturated heterocycles. The van der Waals surface area contributed by atoms with Crippen LogP contribution < -0.4 is 0 Å². The minimum absolute atomic E-state index is 0.00551. The molecular weight excluding hydrogens is 382 g/mol. The standard InChI is InChI=1S/C23H31N3O2S/c1-16(2)14-25(23(28)24(4)5)15-21(27)26-12-10-20-19(11-13-29-20)22(26)18-9-7-6-8-17(18)3/h6-9,11,13,16,22H,10,12,14-15H2,1-5H3. The normalized spacial score (nSPS) is 15.9. The van der Waals surface area contributed by atoms with E-state index >= 15 is 0 Å². The van der Waals surface area contributed by atoms with Gasteiger partial charge in [0.2, 0.25) is 5.91 Å². The van der Waals surface area contributed by atoms with E-state index in [2.05, 4.69) is 44.4 Å². The van der Waals surface area contributed by atoms with Crippen LogP contribution in [0.5, 0.6) is 0 Å². The highest BCUT2D eigenvalue weighted by molar-refractivity contribution is 7.10. The predicted molar refractivity (Wildman–Crippen MR) is 118 cm³/mol. The second-order valence-corrected chi connectivity index (χ2v) is 9.35.